The summed E-state index contributed by atoms with van der Waals surface area (Å²) in [6.45, 7) is 0.417. The third kappa shape index (κ3) is 4.77. The normalized spacial score (nSPS) is 23.0. The molecule has 2 aliphatic heterocycles. The Labute approximate surface area is 188 Å². The quantitative estimate of drug-likeness (QED) is 0.694. The summed E-state index contributed by atoms with van der Waals surface area (Å²) in [5.41, 5.74) is 0.458. The second-order valence-electron chi connectivity index (χ2n) is 8.32. The van der Waals surface area contributed by atoms with E-state index in [1.807, 2.05) is 0 Å². The van der Waals surface area contributed by atoms with E-state index in [1.165, 1.54) is 17.3 Å². The molecule has 1 unspecified atom stereocenters. The number of carbonyl (C=O) groups is 2. The minimum atomic E-state index is -1.52. The molecule has 0 spiro atoms. The fourth-order valence-electron chi connectivity index (χ4n) is 4.18. The monoisotopic (exact) mass is 463 g/mol. The van der Waals surface area contributed by atoms with Gasteiger partial charge in [-0.15, -0.1) is 0 Å². The Morgan fingerprint density at radius 1 is 1.09 bits per heavy atom. The van der Waals surface area contributed by atoms with Gasteiger partial charge in [-0.2, -0.15) is 0 Å². The summed E-state index contributed by atoms with van der Waals surface area (Å²) in [5.74, 6) is -2.93. The molecule has 3 atom stereocenters. The van der Waals surface area contributed by atoms with Crippen LogP contribution in [0.3, 0.4) is 0 Å². The van der Waals surface area contributed by atoms with Crippen molar-refractivity contribution in [2.75, 3.05) is 38.7 Å². The standard InChI is InChI=1S/C22H24F3N5O3/c1-28(2)22(32)18-10-20(27-12-26-18)29-5-3-16(17(25)11-29)21(31)30-19(4-6-33-30)13-7-14(23)9-15(24)8-13/h7-10,12,16-17,19H,3-6,11H2,1-2H3/t16-,17+,19?/m0/s1. The van der Waals surface area contributed by atoms with E-state index in [9.17, 15) is 18.4 Å². The molecule has 3 heterocycles. The van der Waals surface area contributed by atoms with Crippen LogP contribution in [0.5, 0.6) is 0 Å². The topological polar surface area (TPSA) is 78.9 Å². The number of benzene rings is 1. The number of hydrogen-bond acceptors (Lipinski definition) is 6. The largest absolute Gasteiger partial charge is 0.354 e. The van der Waals surface area contributed by atoms with Gasteiger partial charge in [0.05, 0.1) is 25.1 Å². The summed E-state index contributed by atoms with van der Waals surface area (Å²) >= 11 is 0. The molecular weight excluding hydrogens is 439 g/mol. The van der Waals surface area contributed by atoms with E-state index in [2.05, 4.69) is 9.97 Å². The number of alkyl halides is 1. The average Bonchev–Trinajstić information content (AvgIpc) is 3.27. The predicted octanol–water partition coefficient (Wildman–Crippen LogP) is 2.53. The zero-order valence-electron chi connectivity index (χ0n) is 18.2. The van der Waals surface area contributed by atoms with Gasteiger partial charge in [0.25, 0.3) is 11.8 Å². The van der Waals surface area contributed by atoms with Gasteiger partial charge in [0, 0.05) is 39.2 Å². The number of rotatable bonds is 4. The molecular formula is C22H24F3N5O3. The second-order valence-corrected chi connectivity index (χ2v) is 8.32. The molecule has 0 N–H and O–H groups in total. The average molecular weight is 463 g/mol. The number of halogens is 3. The van der Waals surface area contributed by atoms with Crippen LogP contribution in [0.4, 0.5) is 19.0 Å². The SMILES string of the molecule is CN(C)C(=O)c1cc(N2CC[C@H](C(=O)N3OCCC3c3cc(F)cc(F)c3)[C@H](F)C2)ncn1. The van der Waals surface area contributed by atoms with Crippen LogP contribution in [0.2, 0.25) is 0 Å². The molecule has 4 rings (SSSR count). The minimum absolute atomic E-state index is 0.101. The van der Waals surface area contributed by atoms with Crippen molar-refractivity contribution in [2.24, 2.45) is 5.92 Å². The molecule has 33 heavy (non-hydrogen) atoms. The number of nitrogens with zero attached hydrogens (tertiary/aromatic N) is 5. The Morgan fingerprint density at radius 2 is 1.82 bits per heavy atom. The van der Waals surface area contributed by atoms with Crippen LogP contribution in [0.25, 0.3) is 0 Å². The molecule has 0 aliphatic carbocycles. The molecule has 2 saturated heterocycles. The summed E-state index contributed by atoms with van der Waals surface area (Å²) in [6.07, 6.45) is 0.263. The van der Waals surface area contributed by atoms with Crippen molar-refractivity contribution in [1.82, 2.24) is 19.9 Å². The van der Waals surface area contributed by atoms with Gasteiger partial charge in [-0.1, -0.05) is 0 Å². The van der Waals surface area contributed by atoms with E-state index < -0.39 is 35.7 Å². The molecule has 2 amide bonds. The lowest BCUT2D eigenvalue weighted by Gasteiger charge is -2.36. The van der Waals surface area contributed by atoms with E-state index in [0.717, 1.165) is 23.3 Å². The lowest BCUT2D eigenvalue weighted by atomic mass is 9.92. The number of amides is 2. The van der Waals surface area contributed by atoms with Crippen LogP contribution in [-0.2, 0) is 9.63 Å². The maximum absolute atomic E-state index is 15.1. The molecule has 0 saturated carbocycles. The molecule has 1 aromatic heterocycles. The van der Waals surface area contributed by atoms with E-state index in [4.69, 9.17) is 4.84 Å². The van der Waals surface area contributed by atoms with Gasteiger partial charge in [0.15, 0.2) is 0 Å². The first-order chi connectivity index (χ1) is 15.7. The van der Waals surface area contributed by atoms with Gasteiger partial charge in [0.1, 0.15) is 35.6 Å². The third-order valence-electron chi connectivity index (χ3n) is 5.85. The van der Waals surface area contributed by atoms with Crippen molar-refractivity contribution < 1.29 is 27.6 Å². The van der Waals surface area contributed by atoms with Crippen LogP contribution in [0, 0.1) is 17.6 Å². The Balaban J connectivity index is 1.46. The third-order valence-corrected chi connectivity index (χ3v) is 5.85. The Kier molecular flexibility index (Phi) is 6.50. The molecule has 2 aromatic rings. The van der Waals surface area contributed by atoms with E-state index in [0.29, 0.717) is 18.8 Å². The van der Waals surface area contributed by atoms with Crippen molar-refractivity contribution in [1.29, 1.82) is 0 Å². The van der Waals surface area contributed by atoms with E-state index in [-0.39, 0.29) is 36.7 Å². The van der Waals surface area contributed by atoms with Gasteiger partial charge in [-0.25, -0.2) is 28.2 Å². The van der Waals surface area contributed by atoms with Gasteiger partial charge >= 0.3 is 0 Å². The zero-order valence-corrected chi connectivity index (χ0v) is 18.2. The number of anilines is 1. The fraction of sp³-hybridized carbons (Fsp3) is 0.455. The molecule has 0 radical (unpaired) electrons. The van der Waals surface area contributed by atoms with Crippen LogP contribution in [0.1, 0.15) is 34.9 Å². The molecule has 11 heteroatoms. The lowest BCUT2D eigenvalue weighted by Crippen LogP contribution is -2.49. The Hall–Kier alpha value is -3.21. The zero-order chi connectivity index (χ0) is 23.7. The van der Waals surface area contributed by atoms with Gasteiger partial charge in [-0.05, 0) is 24.1 Å². The summed E-state index contributed by atoms with van der Waals surface area (Å²) < 4.78 is 42.5. The first kappa shape index (κ1) is 23.0. The summed E-state index contributed by atoms with van der Waals surface area (Å²) in [6, 6.07) is 3.87. The second kappa shape index (κ2) is 9.34. The number of hydroxylamine groups is 2. The first-order valence-electron chi connectivity index (χ1n) is 10.6. The van der Waals surface area contributed by atoms with E-state index in [1.54, 1.807) is 19.0 Å². The number of piperidine rings is 1. The first-order valence-corrected chi connectivity index (χ1v) is 10.6. The maximum Gasteiger partial charge on any atom is 0.272 e. The minimum Gasteiger partial charge on any atom is -0.354 e. The highest BCUT2D eigenvalue weighted by molar-refractivity contribution is 5.92. The van der Waals surface area contributed by atoms with Gasteiger partial charge in [-0.3, -0.25) is 14.4 Å². The van der Waals surface area contributed by atoms with Crippen LogP contribution >= 0.6 is 0 Å². The highest BCUT2D eigenvalue weighted by Crippen LogP contribution is 2.35. The van der Waals surface area contributed by atoms with E-state index >= 15 is 4.39 Å². The fourth-order valence-corrected chi connectivity index (χ4v) is 4.18. The van der Waals surface area contributed by atoms with Crippen molar-refractivity contribution in [3.63, 3.8) is 0 Å². The van der Waals surface area contributed by atoms with Crippen molar-refractivity contribution in [3.8, 4) is 0 Å². The summed E-state index contributed by atoms with van der Waals surface area (Å²) in [4.78, 5) is 41.8. The van der Waals surface area contributed by atoms with Gasteiger partial charge < -0.3 is 9.80 Å². The molecule has 8 nitrogen and oxygen atoms in total. The van der Waals surface area contributed by atoms with Crippen molar-refractivity contribution in [2.45, 2.75) is 25.1 Å². The number of carbonyl (C=O) groups excluding carboxylic acids is 2. The number of hydrogen-bond donors (Lipinski definition) is 0. The van der Waals surface area contributed by atoms with Crippen LogP contribution < -0.4 is 4.90 Å². The molecule has 1 aromatic carbocycles. The molecule has 0 bridgehead atoms. The number of aromatic nitrogens is 2. The maximum atomic E-state index is 15.1. The summed E-state index contributed by atoms with van der Waals surface area (Å²) in [7, 11) is 3.20. The highest BCUT2D eigenvalue weighted by Gasteiger charge is 2.42. The van der Waals surface area contributed by atoms with Crippen LogP contribution in [0.15, 0.2) is 30.6 Å². The smallest absolute Gasteiger partial charge is 0.272 e. The molecule has 2 fully saturated rings. The van der Waals surface area contributed by atoms with Gasteiger partial charge in [0.2, 0.25) is 0 Å². The van der Waals surface area contributed by atoms with Crippen LogP contribution in [-0.4, -0.2) is 71.7 Å². The van der Waals surface area contributed by atoms with Crippen molar-refractivity contribution in [3.05, 3.63) is 53.5 Å². The molecule has 176 valence electrons. The lowest BCUT2D eigenvalue weighted by molar-refractivity contribution is -0.184. The summed E-state index contributed by atoms with van der Waals surface area (Å²) in [5, 5.41) is 1.06. The Bertz CT molecular complexity index is 1030. The molecule has 2 aliphatic rings. The predicted molar refractivity (Wildman–Crippen MR) is 112 cm³/mol. The highest BCUT2D eigenvalue weighted by atomic mass is 19.1. The Morgan fingerprint density at radius 3 is 2.48 bits per heavy atom. The van der Waals surface area contributed by atoms with Crippen molar-refractivity contribution >= 4 is 17.6 Å².